The summed E-state index contributed by atoms with van der Waals surface area (Å²) in [5, 5.41) is 2.89. The van der Waals surface area contributed by atoms with Crippen molar-refractivity contribution in [2.75, 3.05) is 13.1 Å². The van der Waals surface area contributed by atoms with Crippen molar-refractivity contribution in [3.05, 3.63) is 30.0 Å². The Morgan fingerprint density at radius 1 is 1.48 bits per heavy atom. The van der Waals surface area contributed by atoms with E-state index >= 15 is 0 Å². The topological polar surface area (TPSA) is 71.5 Å². The number of amides is 1. The third kappa shape index (κ3) is 2.47. The van der Waals surface area contributed by atoms with Crippen molar-refractivity contribution in [3.63, 3.8) is 0 Å². The van der Waals surface area contributed by atoms with Gasteiger partial charge in [0.2, 0.25) is 11.8 Å². The van der Waals surface area contributed by atoms with Crippen molar-refractivity contribution >= 4 is 5.91 Å². The first-order chi connectivity index (χ1) is 9.98. The van der Waals surface area contributed by atoms with Crippen molar-refractivity contribution in [2.45, 2.75) is 32.9 Å². The fourth-order valence-corrected chi connectivity index (χ4v) is 2.49. The number of aryl methyl sites for hydroxylation is 1. The standard InChI is InChI=1S/C15H19N3O3/c1-10-12(17-13(21-10)11-4-7-20-9-11)8-18-6-5-16-14(19)15(18,2)3/h4,7,9H,5-6,8H2,1-3H3,(H,16,19). The zero-order chi connectivity index (χ0) is 15.0. The lowest BCUT2D eigenvalue weighted by Crippen LogP contribution is -2.61. The minimum absolute atomic E-state index is 0.0463. The molecule has 0 aromatic carbocycles. The van der Waals surface area contributed by atoms with Gasteiger partial charge in [-0.3, -0.25) is 9.69 Å². The number of nitrogens with zero attached hydrogens (tertiary/aromatic N) is 2. The van der Waals surface area contributed by atoms with Gasteiger partial charge in [-0.1, -0.05) is 0 Å². The highest BCUT2D eigenvalue weighted by molar-refractivity contribution is 5.86. The van der Waals surface area contributed by atoms with E-state index in [1.807, 2.05) is 26.8 Å². The zero-order valence-corrected chi connectivity index (χ0v) is 12.5. The van der Waals surface area contributed by atoms with Gasteiger partial charge in [-0.25, -0.2) is 4.98 Å². The molecule has 0 aliphatic carbocycles. The second kappa shape index (κ2) is 5.04. The molecule has 0 radical (unpaired) electrons. The smallest absolute Gasteiger partial charge is 0.240 e. The number of carbonyl (C=O) groups excluding carboxylic acids is 1. The first-order valence-corrected chi connectivity index (χ1v) is 7.00. The van der Waals surface area contributed by atoms with Crippen LogP contribution in [0.4, 0.5) is 0 Å². The Balaban J connectivity index is 1.83. The predicted molar refractivity (Wildman–Crippen MR) is 76.4 cm³/mol. The number of furan rings is 1. The molecule has 0 bridgehead atoms. The van der Waals surface area contributed by atoms with Crippen LogP contribution in [0, 0.1) is 6.92 Å². The fraction of sp³-hybridized carbons (Fsp3) is 0.467. The van der Waals surface area contributed by atoms with Gasteiger partial charge < -0.3 is 14.2 Å². The Hall–Kier alpha value is -2.08. The van der Waals surface area contributed by atoms with E-state index in [0.29, 0.717) is 19.0 Å². The lowest BCUT2D eigenvalue weighted by Gasteiger charge is -2.40. The van der Waals surface area contributed by atoms with E-state index in [2.05, 4.69) is 15.2 Å². The molecule has 6 nitrogen and oxygen atoms in total. The van der Waals surface area contributed by atoms with Gasteiger partial charge in [0, 0.05) is 19.6 Å². The molecule has 1 aliphatic rings. The monoisotopic (exact) mass is 289 g/mol. The molecule has 2 aromatic rings. The van der Waals surface area contributed by atoms with Gasteiger partial charge in [-0.15, -0.1) is 0 Å². The summed E-state index contributed by atoms with van der Waals surface area (Å²) < 4.78 is 10.7. The summed E-state index contributed by atoms with van der Waals surface area (Å²) in [6.45, 7) is 7.79. The third-order valence-corrected chi connectivity index (χ3v) is 4.01. The molecule has 0 spiro atoms. The van der Waals surface area contributed by atoms with Crippen LogP contribution in [-0.4, -0.2) is 34.4 Å². The first-order valence-electron chi connectivity index (χ1n) is 7.00. The predicted octanol–water partition coefficient (Wildman–Crippen LogP) is 1.95. The maximum absolute atomic E-state index is 12.0. The molecule has 21 heavy (non-hydrogen) atoms. The van der Waals surface area contributed by atoms with E-state index < -0.39 is 5.54 Å². The van der Waals surface area contributed by atoms with Gasteiger partial charge in [0.25, 0.3) is 0 Å². The second-order valence-electron chi connectivity index (χ2n) is 5.77. The van der Waals surface area contributed by atoms with Crippen molar-refractivity contribution in [1.82, 2.24) is 15.2 Å². The van der Waals surface area contributed by atoms with Crippen LogP contribution < -0.4 is 5.32 Å². The Bertz CT molecular complexity index is 643. The molecule has 112 valence electrons. The third-order valence-electron chi connectivity index (χ3n) is 4.01. The molecular weight excluding hydrogens is 270 g/mol. The molecule has 1 aliphatic heterocycles. The van der Waals surface area contributed by atoms with E-state index in [1.54, 1.807) is 12.5 Å². The molecule has 0 atom stereocenters. The number of carbonyl (C=O) groups is 1. The second-order valence-corrected chi connectivity index (χ2v) is 5.77. The summed E-state index contributed by atoms with van der Waals surface area (Å²) in [4.78, 5) is 18.6. The molecule has 1 N–H and O–H groups in total. The van der Waals surface area contributed by atoms with Crippen molar-refractivity contribution in [2.24, 2.45) is 0 Å². The molecule has 1 amide bonds. The number of rotatable bonds is 3. The van der Waals surface area contributed by atoms with Crippen LogP contribution in [0.5, 0.6) is 0 Å². The summed E-state index contributed by atoms with van der Waals surface area (Å²) in [5.41, 5.74) is 1.13. The van der Waals surface area contributed by atoms with Crippen LogP contribution in [-0.2, 0) is 11.3 Å². The zero-order valence-electron chi connectivity index (χ0n) is 12.5. The molecular formula is C15H19N3O3. The number of aromatic nitrogens is 1. The number of nitrogens with one attached hydrogen (secondary N) is 1. The number of oxazole rings is 1. The summed E-state index contributed by atoms with van der Waals surface area (Å²) >= 11 is 0. The van der Waals surface area contributed by atoms with Gasteiger partial charge in [0.1, 0.15) is 12.0 Å². The molecule has 1 fully saturated rings. The highest BCUT2D eigenvalue weighted by atomic mass is 16.4. The van der Waals surface area contributed by atoms with Crippen LogP contribution >= 0.6 is 0 Å². The number of hydrogen-bond donors (Lipinski definition) is 1. The molecule has 6 heteroatoms. The molecule has 0 saturated carbocycles. The first kappa shape index (κ1) is 13.9. The van der Waals surface area contributed by atoms with Gasteiger partial charge in [0.15, 0.2) is 0 Å². The minimum atomic E-state index is -0.542. The SMILES string of the molecule is Cc1oc(-c2ccoc2)nc1CN1CCNC(=O)C1(C)C. The Morgan fingerprint density at radius 3 is 3.00 bits per heavy atom. The Kier molecular flexibility index (Phi) is 3.33. The largest absolute Gasteiger partial charge is 0.472 e. The Labute approximate surface area is 123 Å². The molecule has 0 unspecified atom stereocenters. The van der Waals surface area contributed by atoms with Gasteiger partial charge >= 0.3 is 0 Å². The molecule has 3 heterocycles. The van der Waals surface area contributed by atoms with Crippen LogP contribution in [0.15, 0.2) is 27.4 Å². The molecule has 3 rings (SSSR count). The quantitative estimate of drug-likeness (QED) is 0.935. The van der Waals surface area contributed by atoms with Gasteiger partial charge in [0.05, 0.1) is 23.1 Å². The van der Waals surface area contributed by atoms with E-state index in [1.165, 1.54) is 0 Å². The van der Waals surface area contributed by atoms with E-state index in [-0.39, 0.29) is 5.91 Å². The molecule has 1 saturated heterocycles. The Morgan fingerprint density at radius 2 is 2.29 bits per heavy atom. The summed E-state index contributed by atoms with van der Waals surface area (Å²) in [6, 6.07) is 1.81. The maximum Gasteiger partial charge on any atom is 0.240 e. The van der Waals surface area contributed by atoms with Crippen LogP contribution in [0.3, 0.4) is 0 Å². The highest BCUT2D eigenvalue weighted by Crippen LogP contribution is 2.25. The maximum atomic E-state index is 12.0. The summed E-state index contributed by atoms with van der Waals surface area (Å²) in [6.07, 6.45) is 3.19. The average Bonchev–Trinajstić information content (AvgIpc) is 3.06. The normalized spacial score (nSPS) is 18.7. The minimum Gasteiger partial charge on any atom is -0.472 e. The van der Waals surface area contributed by atoms with Gasteiger partial charge in [-0.05, 0) is 26.8 Å². The highest BCUT2D eigenvalue weighted by Gasteiger charge is 2.38. The van der Waals surface area contributed by atoms with Crippen LogP contribution in [0.1, 0.15) is 25.3 Å². The van der Waals surface area contributed by atoms with Crippen molar-refractivity contribution in [3.8, 4) is 11.5 Å². The fourth-order valence-electron chi connectivity index (χ4n) is 2.49. The number of hydrogen-bond acceptors (Lipinski definition) is 5. The van der Waals surface area contributed by atoms with Crippen LogP contribution in [0.2, 0.25) is 0 Å². The average molecular weight is 289 g/mol. The van der Waals surface area contributed by atoms with E-state index in [9.17, 15) is 4.79 Å². The van der Waals surface area contributed by atoms with Crippen molar-refractivity contribution < 1.29 is 13.6 Å². The lowest BCUT2D eigenvalue weighted by atomic mass is 9.98. The summed E-state index contributed by atoms with van der Waals surface area (Å²) in [7, 11) is 0. The van der Waals surface area contributed by atoms with Crippen LogP contribution in [0.25, 0.3) is 11.5 Å². The molecule has 2 aromatic heterocycles. The summed E-state index contributed by atoms with van der Waals surface area (Å²) in [5.74, 6) is 1.37. The van der Waals surface area contributed by atoms with E-state index in [0.717, 1.165) is 23.6 Å². The van der Waals surface area contributed by atoms with E-state index in [4.69, 9.17) is 8.83 Å². The lowest BCUT2D eigenvalue weighted by molar-refractivity contribution is -0.135. The van der Waals surface area contributed by atoms with Crippen molar-refractivity contribution in [1.29, 1.82) is 0 Å². The number of piperazine rings is 1. The van der Waals surface area contributed by atoms with Gasteiger partial charge in [-0.2, -0.15) is 0 Å².